The number of pyridine rings is 1. The fourth-order valence-electron chi connectivity index (χ4n) is 4.20. The molecule has 146 valence electrons. The van der Waals surface area contributed by atoms with Crippen LogP contribution in [0.3, 0.4) is 0 Å². The van der Waals surface area contributed by atoms with Gasteiger partial charge in [0.1, 0.15) is 0 Å². The molecule has 0 atom stereocenters. The Kier molecular flexibility index (Phi) is 4.70. The number of morpholine rings is 1. The number of hydrogen-bond acceptors (Lipinski definition) is 6. The van der Waals surface area contributed by atoms with Crippen LogP contribution in [0.25, 0.3) is 16.9 Å². The molecule has 2 aliphatic heterocycles. The maximum atomic E-state index is 5.49. The second-order valence-corrected chi connectivity index (χ2v) is 7.46. The highest BCUT2D eigenvalue weighted by Crippen LogP contribution is 2.31. The predicted octanol–water partition coefficient (Wildman–Crippen LogP) is 2.83. The lowest BCUT2D eigenvalue weighted by atomic mass is 9.95. The minimum absolute atomic E-state index is 0.497. The quantitative estimate of drug-likeness (QED) is 0.697. The molecule has 2 saturated heterocycles. The molecule has 7 heteroatoms. The molecule has 0 amide bonds. The first-order chi connectivity index (χ1) is 13.8. The van der Waals surface area contributed by atoms with E-state index in [4.69, 9.17) is 19.4 Å². The third kappa shape index (κ3) is 3.14. The van der Waals surface area contributed by atoms with Crippen LogP contribution in [0.4, 0.5) is 5.69 Å². The number of imidazole rings is 1. The number of rotatable bonds is 3. The van der Waals surface area contributed by atoms with Crippen molar-refractivity contribution in [2.24, 2.45) is 0 Å². The van der Waals surface area contributed by atoms with Gasteiger partial charge in [-0.3, -0.25) is 4.98 Å². The van der Waals surface area contributed by atoms with Crippen LogP contribution < -0.4 is 4.90 Å². The van der Waals surface area contributed by atoms with Gasteiger partial charge in [0.15, 0.2) is 5.65 Å². The largest absolute Gasteiger partial charge is 0.381 e. The summed E-state index contributed by atoms with van der Waals surface area (Å²) in [5.41, 5.74) is 6.18. The molecule has 0 N–H and O–H groups in total. The van der Waals surface area contributed by atoms with E-state index < -0.39 is 0 Å². The number of hydrogen-bond donors (Lipinski definition) is 0. The van der Waals surface area contributed by atoms with Gasteiger partial charge in [-0.05, 0) is 38.0 Å². The molecular weight excluding hydrogens is 354 g/mol. The Morgan fingerprint density at radius 3 is 2.54 bits per heavy atom. The molecule has 0 aliphatic carbocycles. The van der Waals surface area contributed by atoms with E-state index in [0.717, 1.165) is 86.3 Å². The van der Waals surface area contributed by atoms with Crippen LogP contribution in [-0.2, 0) is 9.47 Å². The molecule has 28 heavy (non-hydrogen) atoms. The standard InChI is InChI=1S/C21H25N5O2/c1-15-20(17-2-3-18(22-14-17)16-5-10-27-11-6-16)26-21(24-15)19(4-7-23-26)25-8-12-28-13-9-25/h2-4,7,14,16H,5-6,8-13H2,1H3. The fraction of sp³-hybridized carbons (Fsp3) is 0.476. The number of aromatic nitrogens is 4. The molecule has 0 unspecified atom stereocenters. The van der Waals surface area contributed by atoms with Crippen molar-refractivity contribution in [1.82, 2.24) is 19.6 Å². The van der Waals surface area contributed by atoms with Crippen molar-refractivity contribution in [3.8, 4) is 11.3 Å². The Hall–Kier alpha value is -2.51. The average Bonchev–Trinajstić information content (AvgIpc) is 3.11. The van der Waals surface area contributed by atoms with Gasteiger partial charge in [0.2, 0.25) is 0 Å². The zero-order valence-electron chi connectivity index (χ0n) is 16.2. The van der Waals surface area contributed by atoms with Crippen molar-refractivity contribution in [1.29, 1.82) is 0 Å². The average molecular weight is 379 g/mol. The van der Waals surface area contributed by atoms with E-state index in [0.29, 0.717) is 5.92 Å². The van der Waals surface area contributed by atoms with Crippen LogP contribution in [0, 0.1) is 6.92 Å². The van der Waals surface area contributed by atoms with Crippen LogP contribution >= 0.6 is 0 Å². The zero-order valence-corrected chi connectivity index (χ0v) is 16.2. The topological polar surface area (TPSA) is 64.8 Å². The van der Waals surface area contributed by atoms with E-state index in [1.165, 1.54) is 0 Å². The van der Waals surface area contributed by atoms with Crippen molar-refractivity contribution in [3.63, 3.8) is 0 Å². The summed E-state index contributed by atoms with van der Waals surface area (Å²) in [7, 11) is 0. The molecule has 7 nitrogen and oxygen atoms in total. The Morgan fingerprint density at radius 1 is 1.00 bits per heavy atom. The maximum absolute atomic E-state index is 5.49. The van der Waals surface area contributed by atoms with E-state index >= 15 is 0 Å². The molecule has 5 rings (SSSR count). The molecule has 2 aliphatic rings. The van der Waals surface area contributed by atoms with E-state index in [1.54, 1.807) is 0 Å². The number of fused-ring (bicyclic) bond motifs is 1. The highest BCUT2D eigenvalue weighted by molar-refractivity contribution is 5.75. The lowest BCUT2D eigenvalue weighted by Crippen LogP contribution is -2.36. The van der Waals surface area contributed by atoms with E-state index in [2.05, 4.69) is 22.1 Å². The Labute approximate surface area is 164 Å². The van der Waals surface area contributed by atoms with Gasteiger partial charge in [0.25, 0.3) is 0 Å². The van der Waals surface area contributed by atoms with Crippen LogP contribution in [0.1, 0.15) is 30.1 Å². The molecule has 2 fully saturated rings. The van der Waals surface area contributed by atoms with Gasteiger partial charge in [-0.15, -0.1) is 0 Å². The van der Waals surface area contributed by atoms with E-state index in [9.17, 15) is 0 Å². The Balaban J connectivity index is 1.51. The molecule has 3 aromatic rings. The number of nitrogens with zero attached hydrogens (tertiary/aromatic N) is 5. The number of anilines is 1. The first-order valence-electron chi connectivity index (χ1n) is 10.0. The molecule has 0 bridgehead atoms. The summed E-state index contributed by atoms with van der Waals surface area (Å²) in [6, 6.07) is 6.34. The smallest absolute Gasteiger partial charge is 0.178 e. The Morgan fingerprint density at radius 2 is 1.79 bits per heavy atom. The van der Waals surface area contributed by atoms with Crippen LogP contribution in [0.5, 0.6) is 0 Å². The van der Waals surface area contributed by atoms with E-state index in [1.807, 2.05) is 29.9 Å². The molecule has 3 aromatic heterocycles. The highest BCUT2D eigenvalue weighted by Gasteiger charge is 2.21. The highest BCUT2D eigenvalue weighted by atomic mass is 16.5. The second-order valence-electron chi connectivity index (χ2n) is 7.46. The van der Waals surface area contributed by atoms with Crippen molar-refractivity contribution in [2.75, 3.05) is 44.4 Å². The summed E-state index contributed by atoms with van der Waals surface area (Å²) in [6.45, 7) is 6.95. The molecule has 0 saturated carbocycles. The lowest BCUT2D eigenvalue weighted by Gasteiger charge is -2.28. The van der Waals surface area contributed by atoms with E-state index in [-0.39, 0.29) is 0 Å². The van der Waals surface area contributed by atoms with Crippen LogP contribution in [0.2, 0.25) is 0 Å². The third-order valence-electron chi connectivity index (χ3n) is 5.72. The zero-order chi connectivity index (χ0) is 18.9. The summed E-state index contributed by atoms with van der Waals surface area (Å²) in [5.74, 6) is 0.497. The normalized spacial score (nSPS) is 18.7. The first kappa shape index (κ1) is 17.6. The van der Waals surface area contributed by atoms with Gasteiger partial charge in [0, 0.05) is 49.7 Å². The Bertz CT molecular complexity index is 957. The minimum Gasteiger partial charge on any atom is -0.381 e. The maximum Gasteiger partial charge on any atom is 0.178 e. The summed E-state index contributed by atoms with van der Waals surface area (Å²) in [5, 5.41) is 4.60. The van der Waals surface area contributed by atoms with Gasteiger partial charge in [0.05, 0.1) is 36.5 Å². The van der Waals surface area contributed by atoms with Crippen molar-refractivity contribution in [3.05, 3.63) is 42.0 Å². The molecule has 0 radical (unpaired) electrons. The lowest BCUT2D eigenvalue weighted by molar-refractivity contribution is 0.0845. The molecular formula is C21H25N5O2. The first-order valence-corrected chi connectivity index (χ1v) is 10.0. The van der Waals surface area contributed by atoms with Crippen molar-refractivity contribution in [2.45, 2.75) is 25.7 Å². The summed E-state index contributed by atoms with van der Waals surface area (Å²) in [6.07, 6.45) is 5.91. The SMILES string of the molecule is Cc1nc2c(N3CCOCC3)ccnn2c1-c1ccc(C2CCOCC2)nc1. The molecule has 0 spiro atoms. The van der Waals surface area contributed by atoms with Crippen molar-refractivity contribution < 1.29 is 9.47 Å². The summed E-state index contributed by atoms with van der Waals surface area (Å²) >= 11 is 0. The summed E-state index contributed by atoms with van der Waals surface area (Å²) < 4.78 is 12.9. The third-order valence-corrected chi connectivity index (χ3v) is 5.72. The number of ether oxygens (including phenoxy) is 2. The fourth-order valence-corrected chi connectivity index (χ4v) is 4.20. The monoisotopic (exact) mass is 379 g/mol. The summed E-state index contributed by atoms with van der Waals surface area (Å²) in [4.78, 5) is 11.9. The van der Waals surface area contributed by atoms with Gasteiger partial charge in [-0.2, -0.15) is 5.10 Å². The second kappa shape index (κ2) is 7.48. The van der Waals surface area contributed by atoms with Crippen LogP contribution in [-0.4, -0.2) is 59.1 Å². The van der Waals surface area contributed by atoms with Gasteiger partial charge < -0.3 is 14.4 Å². The minimum atomic E-state index is 0.497. The van der Waals surface area contributed by atoms with Gasteiger partial charge >= 0.3 is 0 Å². The van der Waals surface area contributed by atoms with Gasteiger partial charge in [-0.1, -0.05) is 0 Å². The molecule has 5 heterocycles. The van der Waals surface area contributed by atoms with Gasteiger partial charge in [-0.25, -0.2) is 9.50 Å². The van der Waals surface area contributed by atoms with Crippen LogP contribution in [0.15, 0.2) is 30.6 Å². The molecule has 0 aromatic carbocycles. The predicted molar refractivity (Wildman–Crippen MR) is 107 cm³/mol. The number of aryl methyl sites for hydroxylation is 1. The van der Waals surface area contributed by atoms with Crippen molar-refractivity contribution >= 4 is 11.3 Å².